The van der Waals surface area contributed by atoms with Gasteiger partial charge in [0.15, 0.2) is 21.6 Å². The van der Waals surface area contributed by atoms with Gasteiger partial charge in [0.2, 0.25) is 0 Å². The van der Waals surface area contributed by atoms with E-state index < -0.39 is 0 Å². The highest BCUT2D eigenvalue weighted by Gasteiger charge is 2.01. The molecular formula is C10H6Cl2N8. The molecule has 0 saturated heterocycles. The Morgan fingerprint density at radius 3 is 1.50 bits per heavy atom. The van der Waals surface area contributed by atoms with Crippen LogP contribution >= 0.6 is 23.2 Å². The lowest BCUT2D eigenvalue weighted by Gasteiger charge is -1.86. The van der Waals surface area contributed by atoms with Crippen molar-refractivity contribution in [3.63, 3.8) is 0 Å². The fraction of sp³-hybridized carbons (Fsp3) is 0. The zero-order valence-corrected chi connectivity index (χ0v) is 11.3. The zero-order valence-electron chi connectivity index (χ0n) is 9.75. The van der Waals surface area contributed by atoms with E-state index >= 15 is 0 Å². The quantitative estimate of drug-likeness (QED) is 0.481. The Kier molecular flexibility index (Phi) is 3.40. The molecule has 0 fully saturated rings. The summed E-state index contributed by atoms with van der Waals surface area (Å²) in [7, 11) is 0. The maximum absolute atomic E-state index is 5.68. The fourth-order valence-electron chi connectivity index (χ4n) is 1.47. The van der Waals surface area contributed by atoms with Gasteiger partial charge in [0.05, 0.1) is 12.7 Å². The van der Waals surface area contributed by atoms with Crippen LogP contribution in [0.25, 0.3) is 22.3 Å². The van der Waals surface area contributed by atoms with Gasteiger partial charge in [0, 0.05) is 0 Å². The molecule has 0 aliphatic heterocycles. The predicted molar refractivity (Wildman–Crippen MR) is 73.4 cm³/mol. The van der Waals surface area contributed by atoms with Gasteiger partial charge in [-0.3, -0.25) is 0 Å². The first-order chi connectivity index (χ1) is 9.75. The normalized spacial score (nSPS) is 10.5. The summed E-state index contributed by atoms with van der Waals surface area (Å²) in [5.41, 5.74) is 2.56. The lowest BCUT2D eigenvalue weighted by molar-refractivity contribution is 1.20. The highest BCUT2D eigenvalue weighted by molar-refractivity contribution is 6.33. The lowest BCUT2D eigenvalue weighted by Crippen LogP contribution is -1.80. The Balaban J connectivity index is 0.000000121. The molecule has 20 heavy (non-hydrogen) atoms. The lowest BCUT2D eigenvalue weighted by atomic mass is 10.6. The molecule has 4 aromatic rings. The third kappa shape index (κ3) is 2.38. The van der Waals surface area contributed by atoms with E-state index in [2.05, 4.69) is 39.9 Å². The molecule has 4 aromatic heterocycles. The van der Waals surface area contributed by atoms with Gasteiger partial charge >= 0.3 is 0 Å². The first kappa shape index (κ1) is 12.7. The number of halogens is 2. The third-order valence-corrected chi connectivity index (χ3v) is 2.93. The molecule has 0 aromatic carbocycles. The van der Waals surface area contributed by atoms with Gasteiger partial charge in [0.1, 0.15) is 23.7 Å². The Bertz CT molecular complexity index is 782. The summed E-state index contributed by atoms with van der Waals surface area (Å²) in [6, 6.07) is 0. The highest BCUT2D eigenvalue weighted by atomic mass is 35.5. The van der Waals surface area contributed by atoms with Crippen molar-refractivity contribution in [1.82, 2.24) is 39.9 Å². The van der Waals surface area contributed by atoms with E-state index in [1.54, 1.807) is 0 Å². The van der Waals surface area contributed by atoms with Crippen LogP contribution in [-0.2, 0) is 0 Å². The summed E-state index contributed by atoms with van der Waals surface area (Å²) in [5.74, 6) is 0. The van der Waals surface area contributed by atoms with Gasteiger partial charge in [0.25, 0.3) is 0 Å². The SMILES string of the molecule is Clc1ncnc2nc[nH]c12.Clc1ncnc2nc[nH]c12. The largest absolute Gasteiger partial charge is 0.341 e. The minimum absolute atomic E-state index is 0.405. The number of nitrogens with one attached hydrogen (secondary N) is 2. The van der Waals surface area contributed by atoms with E-state index in [1.807, 2.05) is 0 Å². The summed E-state index contributed by atoms with van der Waals surface area (Å²) in [5, 5.41) is 0.810. The molecule has 2 N–H and O–H groups in total. The second-order valence-corrected chi connectivity index (χ2v) is 4.25. The van der Waals surface area contributed by atoms with Crippen molar-refractivity contribution in [2.45, 2.75) is 0 Å². The van der Waals surface area contributed by atoms with Crippen LogP contribution in [0, 0.1) is 0 Å². The zero-order chi connectivity index (χ0) is 13.9. The number of fused-ring (bicyclic) bond motifs is 2. The van der Waals surface area contributed by atoms with E-state index in [0.29, 0.717) is 32.6 Å². The van der Waals surface area contributed by atoms with Crippen LogP contribution in [0.15, 0.2) is 25.3 Å². The fourth-order valence-corrected chi connectivity index (χ4v) is 1.84. The molecule has 10 heteroatoms. The average Bonchev–Trinajstić information content (AvgIpc) is 3.08. The molecule has 4 rings (SSSR count). The average molecular weight is 309 g/mol. The molecule has 0 aliphatic carbocycles. The molecule has 0 amide bonds. The van der Waals surface area contributed by atoms with Gasteiger partial charge in [-0.25, -0.2) is 29.9 Å². The number of aromatic nitrogens is 8. The third-order valence-electron chi connectivity index (χ3n) is 2.35. The number of imidazole rings is 2. The monoisotopic (exact) mass is 308 g/mol. The van der Waals surface area contributed by atoms with Crippen molar-refractivity contribution >= 4 is 45.5 Å². The van der Waals surface area contributed by atoms with E-state index in [-0.39, 0.29) is 0 Å². The summed E-state index contributed by atoms with van der Waals surface area (Å²) in [6.45, 7) is 0. The van der Waals surface area contributed by atoms with Crippen molar-refractivity contribution in [2.75, 3.05) is 0 Å². The first-order valence-corrected chi connectivity index (χ1v) is 6.10. The molecule has 0 bridgehead atoms. The van der Waals surface area contributed by atoms with Crippen LogP contribution < -0.4 is 0 Å². The van der Waals surface area contributed by atoms with Crippen molar-refractivity contribution in [2.24, 2.45) is 0 Å². The number of rotatable bonds is 0. The molecule has 0 saturated carbocycles. The van der Waals surface area contributed by atoms with E-state index in [1.165, 1.54) is 25.3 Å². The predicted octanol–water partition coefficient (Wildman–Crippen LogP) is 2.01. The number of H-pyrrole nitrogens is 2. The summed E-state index contributed by atoms with van der Waals surface area (Å²) in [6.07, 6.45) is 5.83. The Hall–Kier alpha value is -2.32. The van der Waals surface area contributed by atoms with Crippen molar-refractivity contribution in [3.05, 3.63) is 35.6 Å². The number of hydrogen-bond acceptors (Lipinski definition) is 6. The second kappa shape index (κ2) is 5.35. The van der Waals surface area contributed by atoms with E-state index in [0.717, 1.165) is 0 Å². The maximum atomic E-state index is 5.68. The Labute approximate surface area is 121 Å². The second-order valence-electron chi connectivity index (χ2n) is 3.53. The van der Waals surface area contributed by atoms with Gasteiger partial charge in [-0.15, -0.1) is 0 Å². The standard InChI is InChI=1S/2C5H3ClN4/c2*6-4-3-5(9-1-7-3)10-2-8-4/h2*1-2H,(H,7,8,9,10). The van der Waals surface area contributed by atoms with Crippen LogP contribution in [0.5, 0.6) is 0 Å². The van der Waals surface area contributed by atoms with Crippen molar-refractivity contribution in [1.29, 1.82) is 0 Å². The van der Waals surface area contributed by atoms with Crippen LogP contribution in [0.3, 0.4) is 0 Å². The number of aromatic amines is 2. The molecular weight excluding hydrogens is 303 g/mol. The van der Waals surface area contributed by atoms with Crippen molar-refractivity contribution < 1.29 is 0 Å². The maximum Gasteiger partial charge on any atom is 0.182 e. The summed E-state index contributed by atoms with van der Waals surface area (Å²) >= 11 is 11.4. The smallest absolute Gasteiger partial charge is 0.182 e. The highest BCUT2D eigenvalue weighted by Crippen LogP contribution is 2.14. The van der Waals surface area contributed by atoms with E-state index in [4.69, 9.17) is 23.2 Å². The number of nitrogens with zero attached hydrogens (tertiary/aromatic N) is 6. The molecule has 0 atom stereocenters. The van der Waals surface area contributed by atoms with Gasteiger partial charge < -0.3 is 9.97 Å². The van der Waals surface area contributed by atoms with Crippen molar-refractivity contribution in [3.8, 4) is 0 Å². The molecule has 0 radical (unpaired) electrons. The van der Waals surface area contributed by atoms with Gasteiger partial charge in [-0.1, -0.05) is 23.2 Å². The minimum atomic E-state index is 0.405. The van der Waals surface area contributed by atoms with Crippen LogP contribution in [0.4, 0.5) is 0 Å². The summed E-state index contributed by atoms with van der Waals surface area (Å²) in [4.78, 5) is 28.7. The first-order valence-electron chi connectivity index (χ1n) is 5.35. The van der Waals surface area contributed by atoms with Gasteiger partial charge in [-0.05, 0) is 0 Å². The molecule has 0 aliphatic rings. The topological polar surface area (TPSA) is 109 Å². The molecule has 4 heterocycles. The Morgan fingerprint density at radius 2 is 1.10 bits per heavy atom. The molecule has 0 unspecified atom stereocenters. The van der Waals surface area contributed by atoms with Crippen LogP contribution in [0.1, 0.15) is 0 Å². The Morgan fingerprint density at radius 1 is 0.650 bits per heavy atom. The molecule has 100 valence electrons. The molecule has 8 nitrogen and oxygen atoms in total. The van der Waals surface area contributed by atoms with E-state index in [9.17, 15) is 0 Å². The summed E-state index contributed by atoms with van der Waals surface area (Å²) < 4.78 is 0. The molecule has 0 spiro atoms. The van der Waals surface area contributed by atoms with Crippen LogP contribution in [-0.4, -0.2) is 39.9 Å². The number of hydrogen-bond donors (Lipinski definition) is 2. The van der Waals surface area contributed by atoms with Crippen LogP contribution in [0.2, 0.25) is 10.3 Å². The minimum Gasteiger partial charge on any atom is -0.341 e. The van der Waals surface area contributed by atoms with Gasteiger partial charge in [-0.2, -0.15) is 0 Å².